The van der Waals surface area contributed by atoms with E-state index in [0.717, 1.165) is 48.4 Å². The highest BCUT2D eigenvalue weighted by Gasteiger charge is 2.72. The maximum absolute atomic E-state index is 6.53. The fourth-order valence-electron chi connectivity index (χ4n) is 5.61. The van der Waals surface area contributed by atoms with Crippen LogP contribution in [-0.4, -0.2) is 44.9 Å². The Morgan fingerprint density at radius 3 is 2.60 bits per heavy atom. The van der Waals surface area contributed by atoms with Gasteiger partial charge in [0.2, 0.25) is 0 Å². The Labute approximate surface area is 185 Å². The Morgan fingerprint density at radius 1 is 1.13 bits per heavy atom. The molecule has 3 unspecified atom stereocenters. The van der Waals surface area contributed by atoms with E-state index in [0.29, 0.717) is 17.9 Å². The number of aryl methyl sites for hydroxylation is 1. The third-order valence-electron chi connectivity index (χ3n) is 7.31. The summed E-state index contributed by atoms with van der Waals surface area (Å²) in [6.45, 7) is 9.97. The number of hydrogen-bond donors (Lipinski definition) is 0. The number of likely N-dealkylation sites (tertiary alicyclic amines) is 1. The minimum atomic E-state index is 0.103. The van der Waals surface area contributed by atoms with E-state index in [-0.39, 0.29) is 5.41 Å². The summed E-state index contributed by atoms with van der Waals surface area (Å²) in [5.41, 5.74) is 3.77. The van der Waals surface area contributed by atoms with Crippen LogP contribution in [0.2, 0.25) is 5.02 Å². The standard InChI is InChI=1S/C25H32ClNO3/c1-6-30-15-22-21-14-27(13-18-8-10-20(28-4)12-24(18)29-5)17(3)25(21,22)19-9-7-16(2)23(26)11-19/h7-12,17,21-22H,6,13-15H2,1-5H3/t17?,21-,22?,25?/m1/s1. The van der Waals surface area contributed by atoms with Crippen molar-refractivity contribution < 1.29 is 14.2 Å². The van der Waals surface area contributed by atoms with Crippen LogP contribution >= 0.6 is 11.6 Å². The van der Waals surface area contributed by atoms with Crippen molar-refractivity contribution >= 4 is 11.6 Å². The fourth-order valence-corrected chi connectivity index (χ4v) is 5.79. The average Bonchev–Trinajstić information content (AvgIpc) is 3.30. The molecule has 1 aliphatic carbocycles. The van der Waals surface area contributed by atoms with E-state index >= 15 is 0 Å². The van der Waals surface area contributed by atoms with E-state index in [9.17, 15) is 0 Å². The molecule has 0 amide bonds. The van der Waals surface area contributed by atoms with Gasteiger partial charge in [0.25, 0.3) is 0 Å². The average molecular weight is 430 g/mol. The van der Waals surface area contributed by atoms with Gasteiger partial charge < -0.3 is 14.2 Å². The first-order chi connectivity index (χ1) is 14.5. The molecule has 5 heteroatoms. The number of methoxy groups -OCH3 is 2. The molecule has 0 spiro atoms. The zero-order chi connectivity index (χ0) is 21.5. The number of fused-ring (bicyclic) bond motifs is 1. The zero-order valence-corrected chi connectivity index (χ0v) is 19.3. The molecule has 2 fully saturated rings. The van der Waals surface area contributed by atoms with Crippen molar-refractivity contribution in [3.05, 3.63) is 58.1 Å². The highest BCUT2D eigenvalue weighted by atomic mass is 35.5. The summed E-state index contributed by atoms with van der Waals surface area (Å²) >= 11 is 6.53. The molecular weight excluding hydrogens is 398 g/mol. The van der Waals surface area contributed by atoms with Gasteiger partial charge in [-0.3, -0.25) is 4.90 Å². The Morgan fingerprint density at radius 2 is 1.93 bits per heavy atom. The van der Waals surface area contributed by atoms with E-state index < -0.39 is 0 Å². The smallest absolute Gasteiger partial charge is 0.127 e. The summed E-state index contributed by atoms with van der Waals surface area (Å²) < 4.78 is 16.9. The van der Waals surface area contributed by atoms with Gasteiger partial charge in [-0.2, -0.15) is 0 Å². The summed E-state index contributed by atoms with van der Waals surface area (Å²) in [4.78, 5) is 2.57. The summed E-state index contributed by atoms with van der Waals surface area (Å²) in [6.07, 6.45) is 0. The number of ether oxygens (including phenoxy) is 3. The molecule has 162 valence electrons. The normalized spacial score (nSPS) is 27.7. The first kappa shape index (κ1) is 21.5. The Kier molecular flexibility index (Phi) is 6.02. The van der Waals surface area contributed by atoms with Gasteiger partial charge in [0.1, 0.15) is 11.5 Å². The first-order valence-corrected chi connectivity index (χ1v) is 11.1. The SMILES string of the molecule is CCOCC1[C@H]2CN(Cc3ccc(OC)cc3OC)C(C)C12c1ccc(C)c(Cl)c1. The molecule has 0 bridgehead atoms. The van der Waals surface area contributed by atoms with Crippen LogP contribution in [-0.2, 0) is 16.7 Å². The number of hydrogen-bond acceptors (Lipinski definition) is 4. The van der Waals surface area contributed by atoms with Crippen LogP contribution in [0.4, 0.5) is 0 Å². The van der Waals surface area contributed by atoms with Crippen molar-refractivity contribution in [3.63, 3.8) is 0 Å². The van der Waals surface area contributed by atoms with Gasteiger partial charge in [-0.25, -0.2) is 0 Å². The second kappa shape index (κ2) is 8.41. The van der Waals surface area contributed by atoms with Crippen molar-refractivity contribution in [2.75, 3.05) is 34.0 Å². The molecule has 2 aliphatic rings. The maximum Gasteiger partial charge on any atom is 0.127 e. The van der Waals surface area contributed by atoms with Gasteiger partial charge in [0.15, 0.2) is 0 Å². The highest BCUT2D eigenvalue weighted by molar-refractivity contribution is 6.31. The first-order valence-electron chi connectivity index (χ1n) is 10.8. The molecule has 2 aromatic carbocycles. The minimum Gasteiger partial charge on any atom is -0.497 e. The van der Waals surface area contributed by atoms with E-state index in [4.69, 9.17) is 25.8 Å². The molecule has 4 nitrogen and oxygen atoms in total. The molecule has 4 atom stereocenters. The number of halogens is 1. The molecular formula is C25H32ClNO3. The van der Waals surface area contributed by atoms with Crippen LogP contribution in [0.3, 0.4) is 0 Å². The lowest BCUT2D eigenvalue weighted by atomic mass is 9.85. The van der Waals surface area contributed by atoms with Crippen LogP contribution in [0.1, 0.15) is 30.5 Å². The second-order valence-corrected chi connectivity index (χ2v) is 8.96. The lowest BCUT2D eigenvalue weighted by Crippen LogP contribution is -2.39. The predicted octanol–water partition coefficient (Wildman–Crippen LogP) is 5.09. The zero-order valence-electron chi connectivity index (χ0n) is 18.6. The van der Waals surface area contributed by atoms with Crippen molar-refractivity contribution in [1.82, 2.24) is 4.90 Å². The number of piperidine rings is 1. The van der Waals surface area contributed by atoms with E-state index in [1.165, 1.54) is 11.1 Å². The van der Waals surface area contributed by atoms with Crippen molar-refractivity contribution in [2.24, 2.45) is 11.8 Å². The molecule has 0 aromatic heterocycles. The Balaban J connectivity index is 1.62. The van der Waals surface area contributed by atoms with Crippen molar-refractivity contribution in [1.29, 1.82) is 0 Å². The third kappa shape index (κ3) is 3.39. The highest BCUT2D eigenvalue weighted by Crippen LogP contribution is 2.67. The van der Waals surface area contributed by atoms with Gasteiger partial charge in [-0.15, -0.1) is 0 Å². The van der Waals surface area contributed by atoms with Gasteiger partial charge in [0.05, 0.1) is 20.8 Å². The second-order valence-electron chi connectivity index (χ2n) is 8.55. The molecule has 4 rings (SSSR count). The molecule has 1 heterocycles. The van der Waals surface area contributed by atoms with Gasteiger partial charge in [0, 0.05) is 47.8 Å². The van der Waals surface area contributed by atoms with Gasteiger partial charge in [-0.1, -0.05) is 29.8 Å². The third-order valence-corrected chi connectivity index (χ3v) is 7.72. The van der Waals surface area contributed by atoms with Crippen molar-refractivity contribution in [2.45, 2.75) is 38.8 Å². The molecule has 2 aromatic rings. The van der Waals surface area contributed by atoms with Crippen LogP contribution < -0.4 is 9.47 Å². The number of benzene rings is 2. The molecule has 1 aliphatic heterocycles. The summed E-state index contributed by atoms with van der Waals surface area (Å²) in [5.74, 6) is 2.82. The fraction of sp³-hybridized carbons (Fsp3) is 0.520. The molecule has 1 saturated carbocycles. The topological polar surface area (TPSA) is 30.9 Å². The lowest BCUT2D eigenvalue weighted by molar-refractivity contribution is 0.105. The molecule has 0 N–H and O–H groups in total. The van der Waals surface area contributed by atoms with Crippen LogP contribution in [0, 0.1) is 18.8 Å². The monoisotopic (exact) mass is 429 g/mol. The molecule has 30 heavy (non-hydrogen) atoms. The van der Waals surface area contributed by atoms with E-state index in [2.05, 4.69) is 49.9 Å². The molecule has 1 saturated heterocycles. The quantitative estimate of drug-likeness (QED) is 0.584. The largest absolute Gasteiger partial charge is 0.497 e. The van der Waals surface area contributed by atoms with Crippen LogP contribution in [0.15, 0.2) is 36.4 Å². The van der Waals surface area contributed by atoms with E-state index in [1.54, 1.807) is 14.2 Å². The van der Waals surface area contributed by atoms with Crippen molar-refractivity contribution in [3.8, 4) is 11.5 Å². The number of rotatable bonds is 8. The summed E-state index contributed by atoms with van der Waals surface area (Å²) in [6, 6.07) is 13.1. The predicted molar refractivity (Wildman–Crippen MR) is 121 cm³/mol. The lowest BCUT2D eigenvalue weighted by Gasteiger charge is -2.32. The Hall–Kier alpha value is -1.75. The van der Waals surface area contributed by atoms with Gasteiger partial charge >= 0.3 is 0 Å². The van der Waals surface area contributed by atoms with Crippen LogP contribution in [0.25, 0.3) is 0 Å². The summed E-state index contributed by atoms with van der Waals surface area (Å²) in [5, 5.41) is 0.852. The van der Waals surface area contributed by atoms with Gasteiger partial charge in [-0.05, 0) is 55.9 Å². The minimum absolute atomic E-state index is 0.103. The van der Waals surface area contributed by atoms with Crippen LogP contribution in [0.5, 0.6) is 11.5 Å². The summed E-state index contributed by atoms with van der Waals surface area (Å²) in [7, 11) is 3.40. The Bertz CT molecular complexity index is 917. The van der Waals surface area contributed by atoms with E-state index in [1.807, 2.05) is 12.1 Å². The maximum atomic E-state index is 6.53. The molecule has 0 radical (unpaired) electrons. The number of nitrogens with zero attached hydrogens (tertiary/aromatic N) is 1.